The maximum atomic E-state index is 8.76. The van der Waals surface area contributed by atoms with Crippen LogP contribution in [0.3, 0.4) is 0 Å². The largest absolute Gasteiger partial charge is 0.344 e. The van der Waals surface area contributed by atoms with Gasteiger partial charge in [0.05, 0.1) is 24.9 Å². The Morgan fingerprint density at radius 3 is 3.29 bits per heavy atom. The Balaban J connectivity index is 2.11. The van der Waals surface area contributed by atoms with Crippen LogP contribution >= 0.6 is 0 Å². The molecule has 0 bridgehead atoms. The van der Waals surface area contributed by atoms with Gasteiger partial charge in [0.15, 0.2) is 0 Å². The molecular weight excluding hydrogens is 176 g/mol. The van der Waals surface area contributed by atoms with Crippen molar-refractivity contribution in [3.8, 4) is 6.07 Å². The van der Waals surface area contributed by atoms with Crippen LogP contribution in [-0.2, 0) is 6.54 Å². The van der Waals surface area contributed by atoms with Crippen LogP contribution in [-0.4, -0.2) is 22.2 Å². The van der Waals surface area contributed by atoms with Gasteiger partial charge in [-0.05, 0) is 6.07 Å². The van der Waals surface area contributed by atoms with E-state index >= 15 is 0 Å². The lowest BCUT2D eigenvalue weighted by atomic mass is 10.3. The molecule has 0 saturated heterocycles. The Morgan fingerprint density at radius 1 is 1.50 bits per heavy atom. The van der Waals surface area contributed by atoms with Gasteiger partial charge in [-0.1, -0.05) is 0 Å². The maximum absolute atomic E-state index is 8.76. The molecule has 14 heavy (non-hydrogen) atoms. The smallest absolute Gasteiger partial charge is 0.145 e. The average molecular weight is 184 g/mol. The van der Waals surface area contributed by atoms with Crippen LogP contribution in [0.5, 0.6) is 0 Å². The van der Waals surface area contributed by atoms with E-state index in [2.05, 4.69) is 16.0 Å². The third-order valence-electron chi connectivity index (χ3n) is 2.52. The van der Waals surface area contributed by atoms with Crippen LogP contribution in [0.4, 0.5) is 0 Å². The standard InChI is InChI=1S/C10H8N4/c11-4-8-3-9-6-13-2-1-12-10(13)7-14(9)5-8/h1,3,5,7H,2,6H2. The molecule has 0 aromatic carbocycles. The second-order valence-corrected chi connectivity index (χ2v) is 3.42. The molecule has 1 aromatic rings. The van der Waals surface area contributed by atoms with Crippen molar-refractivity contribution in [1.29, 1.82) is 5.26 Å². The highest BCUT2D eigenvalue weighted by molar-refractivity contribution is 5.67. The Morgan fingerprint density at radius 2 is 2.43 bits per heavy atom. The molecule has 0 saturated carbocycles. The summed E-state index contributed by atoms with van der Waals surface area (Å²) in [5.41, 5.74) is 1.86. The van der Waals surface area contributed by atoms with E-state index in [0.717, 1.165) is 24.6 Å². The van der Waals surface area contributed by atoms with Crippen LogP contribution in [0.25, 0.3) is 6.20 Å². The third kappa shape index (κ3) is 0.895. The van der Waals surface area contributed by atoms with Gasteiger partial charge in [0.2, 0.25) is 0 Å². The van der Waals surface area contributed by atoms with E-state index in [1.54, 1.807) is 0 Å². The molecular formula is C10H8N4. The second-order valence-electron chi connectivity index (χ2n) is 3.42. The van der Waals surface area contributed by atoms with Gasteiger partial charge in [-0.3, -0.25) is 0 Å². The molecule has 0 fully saturated rings. The van der Waals surface area contributed by atoms with Gasteiger partial charge in [-0.15, -0.1) is 0 Å². The van der Waals surface area contributed by atoms with Crippen molar-refractivity contribution in [1.82, 2.24) is 9.47 Å². The molecule has 4 heteroatoms. The fourth-order valence-corrected chi connectivity index (χ4v) is 1.82. The maximum Gasteiger partial charge on any atom is 0.145 e. The molecule has 0 spiro atoms. The monoisotopic (exact) mass is 184 g/mol. The lowest BCUT2D eigenvalue weighted by Crippen LogP contribution is -2.23. The van der Waals surface area contributed by atoms with Crippen LogP contribution in [0.1, 0.15) is 11.3 Å². The summed E-state index contributed by atoms with van der Waals surface area (Å²) in [7, 11) is 0. The number of fused-ring (bicyclic) bond motifs is 2. The number of aromatic nitrogens is 1. The first-order valence-electron chi connectivity index (χ1n) is 4.47. The van der Waals surface area contributed by atoms with E-state index in [4.69, 9.17) is 5.26 Å². The predicted octanol–water partition coefficient (Wildman–Crippen LogP) is 1.02. The van der Waals surface area contributed by atoms with Gasteiger partial charge in [-0.25, -0.2) is 4.99 Å². The van der Waals surface area contributed by atoms with Gasteiger partial charge in [0.1, 0.15) is 11.9 Å². The van der Waals surface area contributed by atoms with Crippen molar-refractivity contribution in [2.45, 2.75) is 6.54 Å². The minimum absolute atomic E-state index is 0.710. The normalized spacial score (nSPS) is 17.4. The quantitative estimate of drug-likeness (QED) is 0.604. The zero-order valence-corrected chi connectivity index (χ0v) is 7.51. The number of nitriles is 1. The molecule has 0 N–H and O–H groups in total. The zero-order valence-electron chi connectivity index (χ0n) is 7.51. The summed E-state index contributed by atoms with van der Waals surface area (Å²) in [5, 5.41) is 8.76. The highest BCUT2D eigenvalue weighted by Crippen LogP contribution is 2.23. The summed E-state index contributed by atoms with van der Waals surface area (Å²) in [5.74, 6) is 0.984. The molecule has 0 atom stereocenters. The SMILES string of the molecule is N#Cc1cc2n(c1)C=C1N=CCN1C2. The van der Waals surface area contributed by atoms with Crippen molar-refractivity contribution in [3.05, 3.63) is 29.3 Å². The van der Waals surface area contributed by atoms with Crippen molar-refractivity contribution in [2.24, 2.45) is 4.99 Å². The van der Waals surface area contributed by atoms with Crippen LogP contribution in [0.2, 0.25) is 0 Å². The molecule has 4 nitrogen and oxygen atoms in total. The Kier molecular flexibility index (Phi) is 1.31. The molecule has 0 amide bonds. The second kappa shape index (κ2) is 2.48. The molecule has 0 aliphatic carbocycles. The van der Waals surface area contributed by atoms with E-state index in [1.165, 1.54) is 0 Å². The highest BCUT2D eigenvalue weighted by Gasteiger charge is 2.20. The molecule has 0 radical (unpaired) electrons. The minimum atomic E-state index is 0.710. The minimum Gasteiger partial charge on any atom is -0.344 e. The van der Waals surface area contributed by atoms with Crippen molar-refractivity contribution < 1.29 is 0 Å². The van der Waals surface area contributed by atoms with E-state index < -0.39 is 0 Å². The van der Waals surface area contributed by atoms with Crippen molar-refractivity contribution >= 4 is 12.4 Å². The molecule has 3 heterocycles. The molecule has 2 aliphatic heterocycles. The number of hydrogen-bond acceptors (Lipinski definition) is 3. The van der Waals surface area contributed by atoms with Gasteiger partial charge in [-0.2, -0.15) is 5.26 Å². The lowest BCUT2D eigenvalue weighted by molar-refractivity contribution is 0.382. The van der Waals surface area contributed by atoms with Crippen molar-refractivity contribution in [2.75, 3.05) is 6.54 Å². The summed E-state index contributed by atoms with van der Waals surface area (Å²) in [6.45, 7) is 1.71. The van der Waals surface area contributed by atoms with Crippen LogP contribution in [0.15, 0.2) is 23.1 Å². The topological polar surface area (TPSA) is 44.3 Å². The number of rotatable bonds is 0. The summed E-state index contributed by atoms with van der Waals surface area (Å²) in [6, 6.07) is 4.07. The van der Waals surface area contributed by atoms with E-state index in [9.17, 15) is 0 Å². The third-order valence-corrected chi connectivity index (χ3v) is 2.52. The number of hydrogen-bond donors (Lipinski definition) is 0. The molecule has 2 aliphatic rings. The van der Waals surface area contributed by atoms with Gasteiger partial charge < -0.3 is 9.47 Å². The summed E-state index contributed by atoms with van der Waals surface area (Å²) >= 11 is 0. The van der Waals surface area contributed by atoms with Gasteiger partial charge in [0.25, 0.3) is 0 Å². The zero-order chi connectivity index (χ0) is 9.54. The molecule has 0 unspecified atom stereocenters. The Hall–Kier alpha value is -2.02. The summed E-state index contributed by atoms with van der Waals surface area (Å²) in [4.78, 5) is 6.43. The molecule has 3 rings (SSSR count). The van der Waals surface area contributed by atoms with Gasteiger partial charge in [0, 0.05) is 18.1 Å². The fourth-order valence-electron chi connectivity index (χ4n) is 1.82. The summed E-state index contributed by atoms with van der Waals surface area (Å²) < 4.78 is 1.98. The van der Waals surface area contributed by atoms with E-state index in [-0.39, 0.29) is 0 Å². The first-order valence-corrected chi connectivity index (χ1v) is 4.47. The van der Waals surface area contributed by atoms with E-state index in [1.807, 2.05) is 29.2 Å². The van der Waals surface area contributed by atoms with Crippen molar-refractivity contribution in [3.63, 3.8) is 0 Å². The fraction of sp³-hybridized carbons (Fsp3) is 0.200. The number of aliphatic imine (C=N–C) groups is 1. The number of nitrogens with zero attached hydrogens (tertiary/aromatic N) is 4. The molecule has 68 valence electrons. The van der Waals surface area contributed by atoms with Crippen LogP contribution in [0, 0.1) is 11.3 Å². The van der Waals surface area contributed by atoms with E-state index in [0.29, 0.717) is 5.56 Å². The van der Waals surface area contributed by atoms with Gasteiger partial charge >= 0.3 is 0 Å². The first-order chi connectivity index (χ1) is 6.86. The van der Waals surface area contributed by atoms with Crippen LogP contribution < -0.4 is 0 Å². The summed E-state index contributed by atoms with van der Waals surface area (Å²) in [6.07, 6.45) is 5.71. The lowest BCUT2D eigenvalue weighted by Gasteiger charge is -2.23. The molecule has 1 aromatic heterocycles. The average Bonchev–Trinajstić information content (AvgIpc) is 2.77. The predicted molar refractivity (Wildman–Crippen MR) is 52.3 cm³/mol. The first kappa shape index (κ1) is 7.39. The Labute approximate surface area is 81.4 Å². The highest BCUT2D eigenvalue weighted by atomic mass is 15.3. The Bertz CT molecular complexity index is 487.